The summed E-state index contributed by atoms with van der Waals surface area (Å²) in [6.07, 6.45) is 1.49. The topological polar surface area (TPSA) is 54.0 Å². The first kappa shape index (κ1) is 10.8. The molecule has 0 aliphatic carbocycles. The number of aromatic nitrogens is 1. The van der Waals surface area contributed by atoms with Gasteiger partial charge in [0.15, 0.2) is 0 Å². The Labute approximate surface area is 87.7 Å². The van der Waals surface area contributed by atoms with Crippen molar-refractivity contribution in [2.75, 3.05) is 18.9 Å². The molecule has 0 saturated heterocycles. The summed E-state index contributed by atoms with van der Waals surface area (Å²) in [5.74, 6) is 0.407. The van der Waals surface area contributed by atoms with Gasteiger partial charge in [-0.1, -0.05) is 11.6 Å². The van der Waals surface area contributed by atoms with E-state index in [0.29, 0.717) is 16.4 Å². The van der Waals surface area contributed by atoms with Gasteiger partial charge in [0.25, 0.3) is 5.91 Å². The maximum absolute atomic E-state index is 11.2. The second-order valence-electron chi connectivity index (χ2n) is 2.66. The minimum atomic E-state index is -0.192. The van der Waals surface area contributed by atoms with Crippen LogP contribution in [0.5, 0.6) is 0 Å². The predicted octanol–water partition coefficient (Wildman–Crippen LogP) is 1.53. The SMILES string of the molecule is CCNc1ncc(C(=O)NC)cc1Cl. The fourth-order valence-corrected chi connectivity index (χ4v) is 1.24. The minimum Gasteiger partial charge on any atom is -0.369 e. The number of rotatable bonds is 3. The largest absolute Gasteiger partial charge is 0.369 e. The van der Waals surface area contributed by atoms with Gasteiger partial charge in [0.2, 0.25) is 0 Å². The third-order valence-electron chi connectivity index (χ3n) is 1.67. The summed E-state index contributed by atoms with van der Waals surface area (Å²) in [5, 5.41) is 5.94. The third kappa shape index (κ3) is 2.35. The Morgan fingerprint density at radius 3 is 2.86 bits per heavy atom. The Hall–Kier alpha value is -1.29. The normalized spacial score (nSPS) is 9.64. The second-order valence-corrected chi connectivity index (χ2v) is 3.07. The zero-order chi connectivity index (χ0) is 10.6. The molecule has 0 fully saturated rings. The van der Waals surface area contributed by atoms with Gasteiger partial charge >= 0.3 is 0 Å². The van der Waals surface area contributed by atoms with Gasteiger partial charge in [0.1, 0.15) is 5.82 Å². The third-order valence-corrected chi connectivity index (χ3v) is 1.96. The van der Waals surface area contributed by atoms with E-state index in [-0.39, 0.29) is 5.91 Å². The summed E-state index contributed by atoms with van der Waals surface area (Å²) in [6, 6.07) is 1.59. The van der Waals surface area contributed by atoms with E-state index < -0.39 is 0 Å². The Morgan fingerprint density at radius 2 is 2.36 bits per heavy atom. The van der Waals surface area contributed by atoms with Crippen LogP contribution in [0, 0.1) is 0 Å². The van der Waals surface area contributed by atoms with Gasteiger partial charge in [0, 0.05) is 19.8 Å². The molecule has 0 aromatic carbocycles. The fourth-order valence-electron chi connectivity index (χ4n) is 1.00. The molecule has 0 radical (unpaired) electrons. The number of nitrogens with zero attached hydrogens (tertiary/aromatic N) is 1. The molecule has 1 heterocycles. The number of halogens is 1. The number of pyridine rings is 1. The minimum absolute atomic E-state index is 0.192. The molecule has 0 unspecified atom stereocenters. The van der Waals surface area contributed by atoms with Crippen molar-refractivity contribution in [2.45, 2.75) is 6.92 Å². The molecule has 0 bridgehead atoms. The van der Waals surface area contributed by atoms with Crippen LogP contribution in [0.25, 0.3) is 0 Å². The van der Waals surface area contributed by atoms with Crippen LogP contribution in [-0.4, -0.2) is 24.5 Å². The van der Waals surface area contributed by atoms with Crippen LogP contribution in [0.4, 0.5) is 5.82 Å². The maximum atomic E-state index is 11.2. The van der Waals surface area contributed by atoms with Crippen molar-refractivity contribution in [1.82, 2.24) is 10.3 Å². The standard InChI is InChI=1S/C9H12ClN3O/c1-3-12-8-7(10)4-6(5-13-8)9(14)11-2/h4-5H,3H2,1-2H3,(H,11,14)(H,12,13). The highest BCUT2D eigenvalue weighted by Crippen LogP contribution is 2.19. The van der Waals surface area contributed by atoms with Crippen LogP contribution in [-0.2, 0) is 0 Å². The highest BCUT2D eigenvalue weighted by atomic mass is 35.5. The van der Waals surface area contributed by atoms with Crippen molar-refractivity contribution in [3.05, 3.63) is 22.8 Å². The lowest BCUT2D eigenvalue weighted by Gasteiger charge is -2.05. The van der Waals surface area contributed by atoms with Crippen molar-refractivity contribution >= 4 is 23.3 Å². The molecule has 14 heavy (non-hydrogen) atoms. The van der Waals surface area contributed by atoms with Crippen LogP contribution in [0.1, 0.15) is 17.3 Å². The molecular weight excluding hydrogens is 202 g/mol. The highest BCUT2D eigenvalue weighted by Gasteiger charge is 2.07. The highest BCUT2D eigenvalue weighted by molar-refractivity contribution is 6.33. The number of carbonyl (C=O) groups is 1. The van der Waals surface area contributed by atoms with Crippen molar-refractivity contribution < 1.29 is 4.79 Å². The lowest BCUT2D eigenvalue weighted by molar-refractivity contribution is 0.0963. The van der Waals surface area contributed by atoms with E-state index in [0.717, 1.165) is 6.54 Å². The van der Waals surface area contributed by atoms with E-state index in [4.69, 9.17) is 11.6 Å². The quantitative estimate of drug-likeness (QED) is 0.801. The molecule has 0 atom stereocenters. The maximum Gasteiger partial charge on any atom is 0.252 e. The zero-order valence-electron chi connectivity index (χ0n) is 8.10. The first-order chi connectivity index (χ1) is 6.69. The predicted molar refractivity (Wildman–Crippen MR) is 56.8 cm³/mol. The van der Waals surface area contributed by atoms with Gasteiger partial charge < -0.3 is 10.6 Å². The molecule has 1 aromatic heterocycles. The summed E-state index contributed by atoms with van der Waals surface area (Å²) in [7, 11) is 1.56. The van der Waals surface area contributed by atoms with E-state index in [1.54, 1.807) is 13.1 Å². The molecule has 4 nitrogen and oxygen atoms in total. The molecule has 1 aromatic rings. The second kappa shape index (κ2) is 4.81. The van der Waals surface area contributed by atoms with Crippen LogP contribution in [0.2, 0.25) is 5.02 Å². The smallest absolute Gasteiger partial charge is 0.252 e. The molecule has 0 saturated carbocycles. The first-order valence-electron chi connectivity index (χ1n) is 4.30. The Kier molecular flexibility index (Phi) is 3.71. The number of hydrogen-bond acceptors (Lipinski definition) is 3. The average molecular weight is 214 g/mol. The lowest BCUT2D eigenvalue weighted by atomic mass is 10.2. The van der Waals surface area contributed by atoms with Gasteiger partial charge in [-0.05, 0) is 13.0 Å². The molecule has 2 N–H and O–H groups in total. The van der Waals surface area contributed by atoms with Gasteiger partial charge in [0.05, 0.1) is 10.6 Å². The van der Waals surface area contributed by atoms with Crippen molar-refractivity contribution in [3.8, 4) is 0 Å². The van der Waals surface area contributed by atoms with Gasteiger partial charge in [-0.15, -0.1) is 0 Å². The van der Waals surface area contributed by atoms with Crippen LogP contribution in [0.15, 0.2) is 12.3 Å². The number of anilines is 1. The number of amides is 1. The summed E-state index contributed by atoms with van der Waals surface area (Å²) in [5.41, 5.74) is 0.458. The van der Waals surface area contributed by atoms with E-state index in [9.17, 15) is 4.79 Å². The number of hydrogen-bond donors (Lipinski definition) is 2. The summed E-state index contributed by atoms with van der Waals surface area (Å²) < 4.78 is 0. The molecule has 0 aliphatic rings. The molecule has 1 rings (SSSR count). The molecule has 0 aliphatic heterocycles. The first-order valence-corrected chi connectivity index (χ1v) is 4.68. The van der Waals surface area contributed by atoms with E-state index in [1.807, 2.05) is 6.92 Å². The van der Waals surface area contributed by atoms with Gasteiger partial charge in [-0.3, -0.25) is 4.79 Å². The van der Waals surface area contributed by atoms with Gasteiger partial charge in [-0.25, -0.2) is 4.98 Å². The molecule has 0 spiro atoms. The molecule has 76 valence electrons. The van der Waals surface area contributed by atoms with E-state index in [1.165, 1.54) is 6.20 Å². The van der Waals surface area contributed by atoms with Gasteiger partial charge in [-0.2, -0.15) is 0 Å². The molecule has 5 heteroatoms. The van der Waals surface area contributed by atoms with Crippen LogP contribution in [0.3, 0.4) is 0 Å². The molecule has 1 amide bonds. The van der Waals surface area contributed by atoms with Crippen LogP contribution >= 0.6 is 11.6 Å². The van der Waals surface area contributed by atoms with Crippen molar-refractivity contribution in [2.24, 2.45) is 0 Å². The zero-order valence-corrected chi connectivity index (χ0v) is 8.85. The monoisotopic (exact) mass is 213 g/mol. The fraction of sp³-hybridized carbons (Fsp3) is 0.333. The Morgan fingerprint density at radius 1 is 1.64 bits per heavy atom. The average Bonchev–Trinajstić information content (AvgIpc) is 2.20. The molecular formula is C9H12ClN3O. The van der Waals surface area contributed by atoms with E-state index in [2.05, 4.69) is 15.6 Å². The number of carbonyl (C=O) groups excluding carboxylic acids is 1. The number of nitrogens with one attached hydrogen (secondary N) is 2. The summed E-state index contributed by atoms with van der Waals surface area (Å²) in [6.45, 7) is 2.69. The lowest BCUT2D eigenvalue weighted by Crippen LogP contribution is -2.18. The van der Waals surface area contributed by atoms with Crippen molar-refractivity contribution in [1.29, 1.82) is 0 Å². The Balaban J connectivity index is 2.94. The summed E-state index contributed by atoms with van der Waals surface area (Å²) in [4.78, 5) is 15.2. The van der Waals surface area contributed by atoms with Crippen molar-refractivity contribution in [3.63, 3.8) is 0 Å². The summed E-state index contributed by atoms with van der Waals surface area (Å²) >= 11 is 5.90. The van der Waals surface area contributed by atoms with E-state index >= 15 is 0 Å². The Bertz CT molecular complexity index is 341. The van der Waals surface area contributed by atoms with Crippen LogP contribution < -0.4 is 10.6 Å².